The number of rotatable bonds is 6. The van der Waals surface area contributed by atoms with E-state index in [4.69, 9.17) is 0 Å². The number of benzene rings is 2. The zero-order valence-corrected chi connectivity index (χ0v) is 24.6. The molecule has 2 aromatic rings. The molecule has 0 aromatic heterocycles. The van der Waals surface area contributed by atoms with Crippen molar-refractivity contribution in [3.8, 4) is 0 Å². The predicted octanol–water partition coefficient (Wildman–Crippen LogP) is 4.40. The minimum absolute atomic E-state index is 0.0136. The number of nitrogens with zero attached hydrogens (tertiary/aromatic N) is 8. The highest BCUT2D eigenvalue weighted by Gasteiger charge is 2.41. The Morgan fingerprint density at radius 2 is 1.07 bits per heavy atom. The molecule has 0 fully saturated rings. The first-order valence-electron chi connectivity index (χ1n) is 12.8. The van der Waals surface area contributed by atoms with Crippen LogP contribution in [0.1, 0.15) is 45.7 Å². The van der Waals surface area contributed by atoms with Gasteiger partial charge in [0.15, 0.2) is 23.7 Å². The van der Waals surface area contributed by atoms with Crippen molar-refractivity contribution in [2.75, 3.05) is 10.0 Å². The molecule has 0 amide bonds. The highest BCUT2D eigenvalue weighted by molar-refractivity contribution is 7.73. The van der Waals surface area contributed by atoms with Crippen LogP contribution < -0.4 is 10.0 Å². The van der Waals surface area contributed by atoms with E-state index in [0.717, 1.165) is 10.0 Å². The van der Waals surface area contributed by atoms with Crippen molar-refractivity contribution in [2.45, 2.75) is 25.9 Å². The van der Waals surface area contributed by atoms with Crippen LogP contribution in [0.5, 0.6) is 0 Å². The van der Waals surface area contributed by atoms with E-state index in [9.17, 15) is 37.5 Å². The second kappa shape index (κ2) is 11.9. The third-order valence-electron chi connectivity index (χ3n) is 7.11. The number of fused-ring (bicyclic) bond motifs is 2. The van der Waals surface area contributed by atoms with Gasteiger partial charge in [-0.15, -0.1) is 11.1 Å². The molecule has 5 rings (SSSR count). The fourth-order valence-corrected chi connectivity index (χ4v) is 6.58. The van der Waals surface area contributed by atoms with E-state index >= 15 is 0 Å². The number of azide groups is 2. The Morgan fingerprint density at radius 1 is 0.682 bits per heavy atom. The molecule has 3 aliphatic carbocycles. The van der Waals surface area contributed by atoms with Crippen molar-refractivity contribution < 1.29 is 26.4 Å². The Morgan fingerprint density at radius 3 is 1.41 bits per heavy atom. The summed E-state index contributed by atoms with van der Waals surface area (Å²) in [6.07, 6.45) is 9.05. The zero-order valence-electron chi connectivity index (χ0n) is 22.9. The number of allylic oxidation sites excluding steroid dienone is 4. The van der Waals surface area contributed by atoms with Crippen LogP contribution in [-0.2, 0) is 20.6 Å². The molecule has 2 aromatic carbocycles. The topological polar surface area (TPSA) is 206 Å². The van der Waals surface area contributed by atoms with Crippen molar-refractivity contribution in [3.63, 3.8) is 0 Å². The van der Waals surface area contributed by atoms with Crippen molar-refractivity contribution in [3.05, 3.63) is 127 Å². The fraction of sp³-hybridized carbons (Fsp3) is 0.143. The van der Waals surface area contributed by atoms with Crippen LogP contribution in [0, 0.1) is 0 Å². The summed E-state index contributed by atoms with van der Waals surface area (Å²) in [5.74, 6) is -1.32. The largest absolute Gasteiger partial charge is 0.288 e. The maximum atomic E-state index is 14.1. The highest BCUT2D eigenvalue weighted by Crippen LogP contribution is 2.40. The lowest BCUT2D eigenvalue weighted by molar-refractivity contribution is 0.0979. The summed E-state index contributed by atoms with van der Waals surface area (Å²) in [6.45, 7) is 3.38. The first kappa shape index (κ1) is 29.8. The van der Waals surface area contributed by atoms with Gasteiger partial charge >= 0.3 is 0 Å². The minimum Gasteiger partial charge on any atom is -0.288 e. The Kier molecular flexibility index (Phi) is 8.07. The normalized spacial score (nSPS) is 18.2. The molecule has 0 radical (unpaired) electrons. The molecule has 0 aliphatic heterocycles. The van der Waals surface area contributed by atoms with Gasteiger partial charge in [0, 0.05) is 11.1 Å². The first-order chi connectivity index (χ1) is 21.1. The van der Waals surface area contributed by atoms with Crippen molar-refractivity contribution in [2.24, 2.45) is 10.4 Å². The van der Waals surface area contributed by atoms with Crippen molar-refractivity contribution in [1.29, 1.82) is 0 Å². The Labute approximate surface area is 252 Å². The van der Waals surface area contributed by atoms with Gasteiger partial charge in [-0.2, -0.15) is 26.7 Å². The average Bonchev–Trinajstić information content (AvgIpc) is 3.01. The molecule has 0 saturated heterocycles. The third-order valence-corrected chi connectivity index (χ3v) is 8.60. The molecule has 0 heterocycles. The van der Waals surface area contributed by atoms with Gasteiger partial charge in [0.05, 0.1) is 11.1 Å². The van der Waals surface area contributed by atoms with Crippen molar-refractivity contribution >= 4 is 53.3 Å². The summed E-state index contributed by atoms with van der Waals surface area (Å²) in [5.41, 5.74) is 19.6. The van der Waals surface area contributed by atoms with Gasteiger partial charge in [-0.1, -0.05) is 24.3 Å². The number of carbonyl (C=O) groups is 2. The number of hydrogen-bond acceptors (Lipinski definition) is 8. The maximum absolute atomic E-state index is 14.1. The lowest BCUT2D eigenvalue weighted by Crippen LogP contribution is -2.39. The van der Waals surface area contributed by atoms with Crippen LogP contribution in [0.25, 0.3) is 20.9 Å². The third kappa shape index (κ3) is 5.10. The van der Waals surface area contributed by atoms with Gasteiger partial charge in [0.2, 0.25) is 20.6 Å². The van der Waals surface area contributed by atoms with Gasteiger partial charge in [0.25, 0.3) is 0 Å². The first-order valence-corrected chi connectivity index (χ1v) is 14.9. The van der Waals surface area contributed by atoms with E-state index in [2.05, 4.69) is 20.3 Å². The molecule has 0 bridgehead atoms. The Bertz CT molecular complexity index is 2010. The smallest absolute Gasteiger partial charge is 0.222 e. The van der Waals surface area contributed by atoms with E-state index in [1.54, 1.807) is 26.0 Å². The average molecular weight is 629 g/mol. The summed E-state index contributed by atoms with van der Waals surface area (Å²) < 4.78 is 48.4. The summed E-state index contributed by atoms with van der Waals surface area (Å²) in [7, 11) is -5.43. The number of anilines is 2. The highest BCUT2D eigenvalue weighted by atomic mass is 32.2. The number of carbonyl (C=O) groups excluding carboxylic acids is 2. The molecule has 16 heteroatoms. The predicted molar refractivity (Wildman–Crippen MR) is 164 cm³/mol. The van der Waals surface area contributed by atoms with E-state index in [0.29, 0.717) is 11.1 Å². The lowest BCUT2D eigenvalue weighted by Gasteiger charge is -2.29. The van der Waals surface area contributed by atoms with E-state index in [1.807, 2.05) is 0 Å². The van der Waals surface area contributed by atoms with E-state index in [1.165, 1.54) is 60.7 Å². The SMILES string of the molecule is CC1=CC(=S(=O)=O)C(N(N=[N+]=[N-])c2cccc3c2C(=O)c2cccc(N(N=[N+]=[N-])C4C=CC(C)=CC4=S(=O)=O)c2C3=O)C=C1. The molecule has 0 saturated carbocycles. The Hall–Kier alpha value is -5.66. The summed E-state index contributed by atoms with van der Waals surface area (Å²) >= 11 is 0. The molecule has 44 heavy (non-hydrogen) atoms. The molecule has 2 unspecified atom stereocenters. The van der Waals surface area contributed by atoms with E-state index < -0.39 is 44.2 Å². The van der Waals surface area contributed by atoms with Crippen LogP contribution in [-0.4, -0.2) is 50.2 Å². The monoisotopic (exact) mass is 628 g/mol. The minimum atomic E-state index is -2.71. The lowest BCUT2D eigenvalue weighted by atomic mass is 9.81. The standard InChI is InChI=1S/C28H20N8O6S2/c1-15-9-11-19(23(13-15)43(39)40)35(33-31-29)21-7-3-5-17-25(21)27(37)18-6-4-8-22(26(18)28(17)38)36(34-32-30)20-12-10-16(2)14-24(20)44(41)42/h3-14,19-20H,1-2H3. The summed E-state index contributed by atoms with van der Waals surface area (Å²) in [4.78, 5) is 33.7. The summed E-state index contributed by atoms with van der Waals surface area (Å²) in [5, 5.41) is 9.43. The van der Waals surface area contributed by atoms with Gasteiger partial charge in [-0.25, -0.2) is 10.0 Å². The van der Waals surface area contributed by atoms with Gasteiger partial charge in [-0.05, 0) is 84.0 Å². The quantitative estimate of drug-likeness (QED) is 0.125. The Balaban J connectivity index is 1.70. The van der Waals surface area contributed by atoms with E-state index in [-0.39, 0.29) is 43.4 Å². The second-order valence-electron chi connectivity index (χ2n) is 9.76. The van der Waals surface area contributed by atoms with Crippen LogP contribution in [0.15, 0.2) is 94.4 Å². The van der Waals surface area contributed by atoms with Gasteiger partial charge in [0.1, 0.15) is 21.1 Å². The van der Waals surface area contributed by atoms with Crippen LogP contribution in [0.4, 0.5) is 11.4 Å². The van der Waals surface area contributed by atoms with Crippen molar-refractivity contribution in [1.82, 2.24) is 0 Å². The molecule has 0 N–H and O–H groups in total. The maximum Gasteiger partial charge on any atom is 0.222 e. The molecule has 14 nitrogen and oxygen atoms in total. The van der Waals surface area contributed by atoms with Crippen LogP contribution in [0.2, 0.25) is 0 Å². The molecular weight excluding hydrogens is 608 g/mol. The number of ketones is 2. The fourth-order valence-electron chi connectivity index (χ4n) is 5.27. The summed E-state index contributed by atoms with van der Waals surface area (Å²) in [6, 6.07) is 6.29. The number of hydrogen-bond donors (Lipinski definition) is 0. The van der Waals surface area contributed by atoms with Crippen LogP contribution >= 0.6 is 0 Å². The molecule has 3 aliphatic rings. The molecule has 0 spiro atoms. The van der Waals surface area contributed by atoms with Crippen LogP contribution in [0.3, 0.4) is 0 Å². The second-order valence-corrected chi connectivity index (χ2v) is 11.6. The molecule has 220 valence electrons. The molecular formula is C28H20N8O6S2. The zero-order chi connectivity index (χ0) is 31.7. The molecule has 2 atom stereocenters. The van der Waals surface area contributed by atoms with Gasteiger partial charge in [-0.3, -0.25) is 9.59 Å². The van der Waals surface area contributed by atoms with Gasteiger partial charge < -0.3 is 0 Å².